The molecule has 0 aliphatic heterocycles. The number of carbonyl (C=O) groups is 1. The van der Waals surface area contributed by atoms with Gasteiger partial charge in [0, 0.05) is 16.7 Å². The lowest BCUT2D eigenvalue weighted by Crippen LogP contribution is -2.07. The van der Waals surface area contributed by atoms with E-state index in [1.54, 1.807) is 18.2 Å². The number of hydrogen-bond acceptors (Lipinski definition) is 6. The summed E-state index contributed by atoms with van der Waals surface area (Å²) in [5, 5.41) is 11.8. The maximum Gasteiger partial charge on any atom is 0.310 e. The van der Waals surface area contributed by atoms with Gasteiger partial charge in [-0.15, -0.1) is 0 Å². The van der Waals surface area contributed by atoms with E-state index in [2.05, 4.69) is 17.0 Å². The van der Waals surface area contributed by atoms with Crippen molar-refractivity contribution in [3.63, 3.8) is 0 Å². The van der Waals surface area contributed by atoms with Crippen LogP contribution in [0.25, 0.3) is 0 Å². The van der Waals surface area contributed by atoms with Gasteiger partial charge in [0.05, 0.1) is 34.0 Å². The topological polar surface area (TPSA) is 77.4 Å². The lowest BCUT2D eigenvalue weighted by Gasteiger charge is -2.11. The minimum absolute atomic E-state index is 0.0562. The van der Waals surface area contributed by atoms with Crippen LogP contribution < -0.4 is 9.47 Å². The standard InChI is InChI=1S/C20H19NO5/c1-24-18-10-15(17(11-19(18)25-2)12-20(22)26-3)9-8-14-6-4-5-7-16(14)13-21-23/h4-7,10-11,13,23H,12H2,1-3H3/b21-13+. The molecule has 0 aliphatic rings. The number of oxime groups is 1. The van der Waals surface area contributed by atoms with Gasteiger partial charge in [-0.25, -0.2) is 0 Å². The highest BCUT2D eigenvalue weighted by Crippen LogP contribution is 2.30. The molecule has 6 nitrogen and oxygen atoms in total. The molecule has 26 heavy (non-hydrogen) atoms. The normalized spacial score (nSPS) is 10.1. The fourth-order valence-electron chi connectivity index (χ4n) is 2.33. The van der Waals surface area contributed by atoms with Crippen LogP contribution in [0.15, 0.2) is 41.6 Å². The van der Waals surface area contributed by atoms with E-state index in [4.69, 9.17) is 19.4 Å². The monoisotopic (exact) mass is 353 g/mol. The molecule has 0 heterocycles. The third-order valence-electron chi connectivity index (χ3n) is 3.66. The molecule has 0 unspecified atom stereocenters. The summed E-state index contributed by atoms with van der Waals surface area (Å²) in [5.74, 6) is 6.71. The maximum absolute atomic E-state index is 11.7. The van der Waals surface area contributed by atoms with Crippen molar-refractivity contribution < 1.29 is 24.2 Å². The zero-order valence-electron chi connectivity index (χ0n) is 14.8. The highest BCUT2D eigenvalue weighted by molar-refractivity contribution is 5.83. The summed E-state index contributed by atoms with van der Waals surface area (Å²) < 4.78 is 15.4. The molecule has 1 N–H and O–H groups in total. The number of esters is 1. The van der Waals surface area contributed by atoms with Crippen molar-refractivity contribution in [1.29, 1.82) is 0 Å². The van der Waals surface area contributed by atoms with Gasteiger partial charge in [-0.3, -0.25) is 4.79 Å². The first kappa shape index (κ1) is 18.9. The van der Waals surface area contributed by atoms with Gasteiger partial charge in [0.1, 0.15) is 0 Å². The predicted octanol–water partition coefficient (Wildman–Crippen LogP) is 2.63. The number of nitrogens with zero attached hydrogens (tertiary/aromatic N) is 1. The van der Waals surface area contributed by atoms with Crippen molar-refractivity contribution in [2.75, 3.05) is 21.3 Å². The molecule has 0 saturated carbocycles. The van der Waals surface area contributed by atoms with Crippen LogP contribution in [0.2, 0.25) is 0 Å². The van der Waals surface area contributed by atoms with E-state index >= 15 is 0 Å². The zero-order chi connectivity index (χ0) is 18.9. The fourth-order valence-corrected chi connectivity index (χ4v) is 2.33. The first-order chi connectivity index (χ1) is 12.6. The summed E-state index contributed by atoms with van der Waals surface area (Å²) in [5.41, 5.74) is 2.64. The molecule has 2 rings (SSSR count). The van der Waals surface area contributed by atoms with Gasteiger partial charge in [0.25, 0.3) is 0 Å². The first-order valence-corrected chi connectivity index (χ1v) is 7.73. The molecule has 0 bridgehead atoms. The second kappa shape index (κ2) is 9.14. The largest absolute Gasteiger partial charge is 0.493 e. The molecular formula is C20H19NO5. The zero-order valence-corrected chi connectivity index (χ0v) is 14.8. The van der Waals surface area contributed by atoms with E-state index < -0.39 is 0 Å². The summed E-state index contributed by atoms with van der Waals surface area (Å²) >= 11 is 0. The van der Waals surface area contributed by atoms with E-state index in [1.165, 1.54) is 27.5 Å². The molecule has 6 heteroatoms. The number of ether oxygens (including phenoxy) is 3. The molecule has 0 amide bonds. The molecule has 0 radical (unpaired) electrons. The van der Waals surface area contributed by atoms with Crippen molar-refractivity contribution in [2.24, 2.45) is 5.16 Å². The van der Waals surface area contributed by atoms with E-state index in [-0.39, 0.29) is 12.4 Å². The van der Waals surface area contributed by atoms with Gasteiger partial charge in [0.15, 0.2) is 11.5 Å². The quantitative estimate of drug-likeness (QED) is 0.294. The number of carbonyl (C=O) groups excluding carboxylic acids is 1. The summed E-state index contributed by atoms with van der Waals surface area (Å²) in [6.07, 6.45) is 1.37. The number of rotatable bonds is 5. The van der Waals surface area contributed by atoms with Crippen LogP contribution in [-0.2, 0) is 16.0 Å². The first-order valence-electron chi connectivity index (χ1n) is 7.73. The Bertz CT molecular complexity index is 878. The van der Waals surface area contributed by atoms with Crippen LogP contribution in [0.3, 0.4) is 0 Å². The number of methoxy groups -OCH3 is 3. The van der Waals surface area contributed by atoms with E-state index in [0.717, 1.165) is 0 Å². The Morgan fingerprint density at radius 3 is 2.38 bits per heavy atom. The van der Waals surface area contributed by atoms with Gasteiger partial charge < -0.3 is 19.4 Å². The predicted molar refractivity (Wildman–Crippen MR) is 97.1 cm³/mol. The van der Waals surface area contributed by atoms with E-state index in [1.807, 2.05) is 18.2 Å². The minimum atomic E-state index is -0.381. The van der Waals surface area contributed by atoms with Crippen molar-refractivity contribution in [1.82, 2.24) is 0 Å². The van der Waals surface area contributed by atoms with Crippen molar-refractivity contribution in [2.45, 2.75) is 6.42 Å². The summed E-state index contributed by atoms with van der Waals surface area (Å²) in [7, 11) is 4.39. The summed E-state index contributed by atoms with van der Waals surface area (Å²) in [6, 6.07) is 10.7. The number of hydrogen-bond donors (Lipinski definition) is 1. The van der Waals surface area contributed by atoms with Crippen LogP contribution in [0.4, 0.5) is 0 Å². The third kappa shape index (κ3) is 4.54. The van der Waals surface area contributed by atoms with E-state index in [9.17, 15) is 4.79 Å². The van der Waals surface area contributed by atoms with Crippen molar-refractivity contribution in [3.8, 4) is 23.3 Å². The van der Waals surface area contributed by atoms with Gasteiger partial charge in [-0.2, -0.15) is 0 Å². The second-order valence-corrected chi connectivity index (χ2v) is 5.20. The Morgan fingerprint density at radius 2 is 1.73 bits per heavy atom. The Labute approximate surface area is 152 Å². The Morgan fingerprint density at radius 1 is 1.08 bits per heavy atom. The minimum Gasteiger partial charge on any atom is -0.493 e. The average molecular weight is 353 g/mol. The molecule has 0 saturated heterocycles. The van der Waals surface area contributed by atoms with Gasteiger partial charge >= 0.3 is 5.97 Å². The van der Waals surface area contributed by atoms with Crippen LogP contribution in [0.1, 0.15) is 22.3 Å². The SMILES string of the molecule is COC(=O)Cc1cc(OC)c(OC)cc1C#Cc1ccccc1/C=N/O. The summed E-state index contributed by atoms with van der Waals surface area (Å²) in [6.45, 7) is 0. The van der Waals surface area contributed by atoms with Crippen molar-refractivity contribution in [3.05, 3.63) is 58.7 Å². The summed E-state index contributed by atoms with van der Waals surface area (Å²) in [4.78, 5) is 11.7. The molecule has 0 atom stereocenters. The third-order valence-corrected chi connectivity index (χ3v) is 3.66. The Hall–Kier alpha value is -3.46. The molecule has 2 aromatic carbocycles. The highest BCUT2D eigenvalue weighted by atomic mass is 16.5. The van der Waals surface area contributed by atoms with Gasteiger partial charge in [-0.05, 0) is 23.8 Å². The molecule has 0 fully saturated rings. The molecule has 2 aromatic rings. The second-order valence-electron chi connectivity index (χ2n) is 5.20. The smallest absolute Gasteiger partial charge is 0.310 e. The van der Waals surface area contributed by atoms with Crippen molar-refractivity contribution >= 4 is 12.2 Å². The van der Waals surface area contributed by atoms with E-state index in [0.29, 0.717) is 33.8 Å². The van der Waals surface area contributed by atoms with Crippen LogP contribution >= 0.6 is 0 Å². The fraction of sp³-hybridized carbons (Fsp3) is 0.200. The maximum atomic E-state index is 11.7. The molecule has 0 aliphatic carbocycles. The van der Waals surface area contributed by atoms with Crippen LogP contribution in [0, 0.1) is 11.8 Å². The Balaban J connectivity index is 2.53. The Kier molecular flexibility index (Phi) is 6.63. The van der Waals surface area contributed by atoms with Crippen LogP contribution in [0.5, 0.6) is 11.5 Å². The highest BCUT2D eigenvalue weighted by Gasteiger charge is 2.13. The average Bonchev–Trinajstić information content (AvgIpc) is 2.67. The van der Waals surface area contributed by atoms with Gasteiger partial charge in [-0.1, -0.05) is 35.2 Å². The number of benzene rings is 2. The molecule has 0 spiro atoms. The molecule has 0 aromatic heterocycles. The lowest BCUT2D eigenvalue weighted by molar-refractivity contribution is -0.139. The molecule has 134 valence electrons. The molecular weight excluding hydrogens is 334 g/mol. The lowest BCUT2D eigenvalue weighted by atomic mass is 10.0. The van der Waals surface area contributed by atoms with Crippen LogP contribution in [-0.4, -0.2) is 38.7 Å². The van der Waals surface area contributed by atoms with Gasteiger partial charge in [0.2, 0.25) is 0 Å².